The van der Waals surface area contributed by atoms with Crippen molar-refractivity contribution in [1.82, 2.24) is 15.2 Å². The first-order chi connectivity index (χ1) is 13.2. The molecule has 0 radical (unpaired) electrons. The summed E-state index contributed by atoms with van der Waals surface area (Å²) in [5.74, 6) is 0.819. The fraction of sp³-hybridized carbons (Fsp3) is 0.364. The zero-order valence-electron chi connectivity index (χ0n) is 15.4. The van der Waals surface area contributed by atoms with Crippen molar-refractivity contribution in [2.45, 2.75) is 30.9 Å². The van der Waals surface area contributed by atoms with E-state index in [-0.39, 0.29) is 17.6 Å². The van der Waals surface area contributed by atoms with E-state index in [1.54, 1.807) is 24.5 Å². The van der Waals surface area contributed by atoms with Crippen molar-refractivity contribution in [2.75, 3.05) is 19.6 Å². The van der Waals surface area contributed by atoms with Gasteiger partial charge in [-0.3, -0.25) is 14.7 Å². The number of para-hydroxylation sites is 1. The molecule has 5 nitrogen and oxygen atoms in total. The van der Waals surface area contributed by atoms with Crippen LogP contribution in [0.4, 0.5) is 0 Å². The van der Waals surface area contributed by atoms with E-state index in [1.807, 2.05) is 30.3 Å². The summed E-state index contributed by atoms with van der Waals surface area (Å²) in [6, 6.07) is 11.5. The van der Waals surface area contributed by atoms with Crippen LogP contribution < -0.4 is 10.1 Å². The first-order valence-corrected chi connectivity index (χ1v) is 9.51. The number of nitrogens with zero attached hydrogens (tertiary/aromatic N) is 2. The van der Waals surface area contributed by atoms with Gasteiger partial charge in [0.2, 0.25) is 0 Å². The van der Waals surface area contributed by atoms with Gasteiger partial charge in [-0.05, 0) is 31.0 Å². The van der Waals surface area contributed by atoms with Crippen molar-refractivity contribution in [3.8, 4) is 5.75 Å². The lowest BCUT2D eigenvalue weighted by molar-refractivity contribution is -0.0223. The topological polar surface area (TPSA) is 54.5 Å². The third-order valence-electron chi connectivity index (χ3n) is 5.60. The van der Waals surface area contributed by atoms with Crippen LogP contribution in [0.25, 0.3) is 0 Å². The number of rotatable bonds is 4. The molecule has 1 aromatic heterocycles. The summed E-state index contributed by atoms with van der Waals surface area (Å²) in [5.41, 5.74) is 1.46. The van der Waals surface area contributed by atoms with Crippen LogP contribution in [0.2, 0.25) is 0 Å². The Kier molecular flexibility index (Phi) is 4.94. The smallest absolute Gasteiger partial charge is 0.251 e. The van der Waals surface area contributed by atoms with Crippen LogP contribution in [0.15, 0.2) is 61.4 Å². The second-order valence-electron chi connectivity index (χ2n) is 7.38. The Bertz CT molecular complexity index is 813. The standard InChI is InChI=1S/C22H25N3O2/c1-2-13-25-14-9-22(10-15-25)16-19(18-5-3-4-6-20(18)27-22)24-21(26)17-7-11-23-12-8-17/h2-8,11-12,19H,1,9-10,13-16H2,(H,24,26). The van der Waals surface area contributed by atoms with E-state index < -0.39 is 0 Å². The number of hydrogen-bond donors (Lipinski definition) is 1. The van der Waals surface area contributed by atoms with Gasteiger partial charge in [0.1, 0.15) is 11.4 Å². The Morgan fingerprint density at radius 3 is 2.74 bits per heavy atom. The van der Waals surface area contributed by atoms with E-state index in [1.165, 1.54) is 0 Å². The molecule has 27 heavy (non-hydrogen) atoms. The number of carbonyl (C=O) groups is 1. The van der Waals surface area contributed by atoms with E-state index in [0.29, 0.717) is 5.56 Å². The molecule has 4 rings (SSSR count). The van der Waals surface area contributed by atoms with Gasteiger partial charge in [-0.1, -0.05) is 24.3 Å². The van der Waals surface area contributed by atoms with E-state index in [0.717, 1.165) is 50.2 Å². The molecule has 1 N–H and O–H groups in total. The number of likely N-dealkylation sites (tertiary alicyclic amines) is 1. The van der Waals surface area contributed by atoms with Crippen molar-refractivity contribution in [3.63, 3.8) is 0 Å². The lowest BCUT2D eigenvalue weighted by Gasteiger charge is -2.47. The Hall–Kier alpha value is -2.66. The van der Waals surface area contributed by atoms with Gasteiger partial charge in [0.25, 0.3) is 5.91 Å². The van der Waals surface area contributed by atoms with Crippen LogP contribution >= 0.6 is 0 Å². The van der Waals surface area contributed by atoms with Crippen LogP contribution in [0.1, 0.15) is 41.2 Å². The molecule has 1 fully saturated rings. The van der Waals surface area contributed by atoms with Gasteiger partial charge in [-0.15, -0.1) is 6.58 Å². The van der Waals surface area contributed by atoms with Crippen molar-refractivity contribution in [1.29, 1.82) is 0 Å². The normalized spacial score (nSPS) is 21.1. The second kappa shape index (κ2) is 7.53. The highest BCUT2D eigenvalue weighted by Gasteiger charge is 2.43. The molecule has 0 saturated carbocycles. The van der Waals surface area contributed by atoms with Gasteiger partial charge in [-0.25, -0.2) is 0 Å². The summed E-state index contributed by atoms with van der Waals surface area (Å²) in [6.07, 6.45) is 7.94. The number of aromatic nitrogens is 1. The quantitative estimate of drug-likeness (QED) is 0.847. The zero-order valence-corrected chi connectivity index (χ0v) is 15.4. The number of benzene rings is 1. The van der Waals surface area contributed by atoms with Gasteiger partial charge < -0.3 is 10.1 Å². The van der Waals surface area contributed by atoms with Crippen LogP contribution in [0, 0.1) is 0 Å². The molecular weight excluding hydrogens is 338 g/mol. The molecule has 1 spiro atoms. The summed E-state index contributed by atoms with van der Waals surface area (Å²) in [4.78, 5) is 19.1. The van der Waals surface area contributed by atoms with Crippen LogP contribution in [-0.4, -0.2) is 41.0 Å². The SMILES string of the molecule is C=CCN1CCC2(CC1)CC(NC(=O)c1ccncc1)c1ccccc1O2. The monoisotopic (exact) mass is 363 g/mol. The lowest BCUT2D eigenvalue weighted by atomic mass is 9.80. The molecule has 1 unspecified atom stereocenters. The molecule has 0 bridgehead atoms. The summed E-state index contributed by atoms with van der Waals surface area (Å²) >= 11 is 0. The van der Waals surface area contributed by atoms with E-state index >= 15 is 0 Å². The van der Waals surface area contributed by atoms with E-state index in [2.05, 4.69) is 21.8 Å². The number of pyridine rings is 1. The van der Waals surface area contributed by atoms with Crippen molar-refractivity contribution < 1.29 is 9.53 Å². The molecular formula is C22H25N3O2. The van der Waals surface area contributed by atoms with Crippen molar-refractivity contribution >= 4 is 5.91 Å². The van der Waals surface area contributed by atoms with Crippen LogP contribution in [0.5, 0.6) is 5.75 Å². The number of piperidine rings is 1. The Morgan fingerprint density at radius 2 is 2.00 bits per heavy atom. The highest BCUT2D eigenvalue weighted by Crippen LogP contribution is 2.44. The minimum Gasteiger partial charge on any atom is -0.487 e. The Labute approximate surface area is 160 Å². The molecule has 1 amide bonds. The number of amides is 1. The molecule has 1 aromatic carbocycles. The van der Waals surface area contributed by atoms with E-state index in [9.17, 15) is 4.79 Å². The van der Waals surface area contributed by atoms with Gasteiger partial charge in [0, 0.05) is 49.6 Å². The first-order valence-electron chi connectivity index (χ1n) is 9.51. The molecule has 0 aliphatic carbocycles. The predicted molar refractivity (Wildman–Crippen MR) is 105 cm³/mol. The van der Waals surface area contributed by atoms with Crippen LogP contribution in [0.3, 0.4) is 0 Å². The Balaban J connectivity index is 1.56. The highest BCUT2D eigenvalue weighted by atomic mass is 16.5. The minimum atomic E-state index is -0.220. The van der Waals surface area contributed by atoms with E-state index in [4.69, 9.17) is 4.74 Å². The largest absolute Gasteiger partial charge is 0.487 e. The highest BCUT2D eigenvalue weighted by molar-refractivity contribution is 5.94. The molecule has 2 aromatic rings. The first kappa shape index (κ1) is 17.7. The molecule has 2 aliphatic heterocycles. The van der Waals surface area contributed by atoms with Crippen molar-refractivity contribution in [2.24, 2.45) is 0 Å². The predicted octanol–water partition coefficient (Wildman–Crippen LogP) is 3.36. The fourth-order valence-corrected chi connectivity index (χ4v) is 4.12. The number of ether oxygens (including phenoxy) is 1. The maximum Gasteiger partial charge on any atom is 0.251 e. The molecule has 1 atom stereocenters. The van der Waals surface area contributed by atoms with Crippen LogP contribution in [-0.2, 0) is 0 Å². The number of carbonyl (C=O) groups excluding carboxylic acids is 1. The van der Waals surface area contributed by atoms with Crippen molar-refractivity contribution in [3.05, 3.63) is 72.6 Å². The van der Waals surface area contributed by atoms with Gasteiger partial charge in [0.05, 0.1) is 6.04 Å². The summed E-state index contributed by atoms with van der Waals surface area (Å²) in [7, 11) is 0. The summed E-state index contributed by atoms with van der Waals surface area (Å²) in [5, 5.41) is 3.22. The third-order valence-corrected chi connectivity index (χ3v) is 5.60. The molecule has 5 heteroatoms. The van der Waals surface area contributed by atoms with Gasteiger partial charge in [-0.2, -0.15) is 0 Å². The zero-order chi connectivity index (χ0) is 18.7. The number of nitrogens with one attached hydrogen (secondary N) is 1. The average molecular weight is 363 g/mol. The fourth-order valence-electron chi connectivity index (χ4n) is 4.12. The van der Waals surface area contributed by atoms with Gasteiger partial charge >= 0.3 is 0 Å². The molecule has 140 valence electrons. The second-order valence-corrected chi connectivity index (χ2v) is 7.38. The Morgan fingerprint density at radius 1 is 1.26 bits per heavy atom. The number of fused-ring (bicyclic) bond motifs is 1. The molecule has 3 heterocycles. The summed E-state index contributed by atoms with van der Waals surface area (Å²) < 4.78 is 6.49. The maximum absolute atomic E-state index is 12.7. The maximum atomic E-state index is 12.7. The lowest BCUT2D eigenvalue weighted by Crippen LogP contribution is -2.52. The van der Waals surface area contributed by atoms with Gasteiger partial charge in [0.15, 0.2) is 0 Å². The molecule has 1 saturated heterocycles. The summed E-state index contributed by atoms with van der Waals surface area (Å²) in [6.45, 7) is 6.72. The molecule has 2 aliphatic rings. The third kappa shape index (κ3) is 3.74. The number of hydrogen-bond acceptors (Lipinski definition) is 4. The minimum absolute atomic E-state index is 0.0541. The average Bonchev–Trinajstić information content (AvgIpc) is 2.71.